The van der Waals surface area contributed by atoms with E-state index in [1.807, 2.05) is 66.7 Å². The summed E-state index contributed by atoms with van der Waals surface area (Å²) in [6.07, 6.45) is 2.12. The Morgan fingerprint density at radius 3 is 2.36 bits per heavy atom. The first-order valence-electron chi connectivity index (χ1n) is 8.80. The Kier molecular flexibility index (Phi) is 6.72. The third-order valence-electron chi connectivity index (χ3n) is 4.18. The Hall–Kier alpha value is -3.23. The van der Waals surface area contributed by atoms with Gasteiger partial charge < -0.3 is 5.32 Å². The number of hydrogen-bond donors (Lipinski definition) is 1. The molecule has 1 amide bonds. The van der Waals surface area contributed by atoms with Gasteiger partial charge >= 0.3 is 0 Å². The number of rotatable bonds is 6. The van der Waals surface area contributed by atoms with Gasteiger partial charge in [0.25, 0.3) is 5.91 Å². The highest BCUT2D eigenvalue weighted by molar-refractivity contribution is 9.10. The molecular weight excluding hydrogens is 414 g/mol. The predicted octanol–water partition coefficient (Wildman–Crippen LogP) is 4.85. The highest BCUT2D eigenvalue weighted by Gasteiger charge is 2.18. The third kappa shape index (κ3) is 5.38. The monoisotopic (exact) mass is 431 g/mol. The lowest BCUT2D eigenvalue weighted by atomic mass is 9.98. The largest absolute Gasteiger partial charge is 0.344 e. The van der Waals surface area contributed by atoms with E-state index in [1.54, 1.807) is 18.2 Å². The Balaban J connectivity index is 1.84. The van der Waals surface area contributed by atoms with Crippen molar-refractivity contribution in [2.75, 3.05) is 0 Å². The molecule has 0 bridgehead atoms. The van der Waals surface area contributed by atoms with Gasteiger partial charge in [0.2, 0.25) is 0 Å². The van der Waals surface area contributed by atoms with Crippen molar-refractivity contribution in [3.63, 3.8) is 0 Å². The van der Waals surface area contributed by atoms with Crippen LogP contribution >= 0.6 is 15.9 Å². The summed E-state index contributed by atoms with van der Waals surface area (Å²) in [7, 11) is 0. The fourth-order valence-electron chi connectivity index (χ4n) is 2.82. The lowest BCUT2D eigenvalue weighted by molar-refractivity contribution is -0.117. The molecule has 4 nitrogen and oxygen atoms in total. The van der Waals surface area contributed by atoms with Crippen LogP contribution in [-0.2, 0) is 11.2 Å². The summed E-state index contributed by atoms with van der Waals surface area (Å²) in [5, 5.41) is 12.5. The Morgan fingerprint density at radius 2 is 1.71 bits per heavy atom. The van der Waals surface area contributed by atoms with Gasteiger partial charge in [-0.1, -0.05) is 66.7 Å². The van der Waals surface area contributed by atoms with E-state index in [4.69, 9.17) is 0 Å². The van der Waals surface area contributed by atoms with Crippen LogP contribution in [0.5, 0.6) is 0 Å². The molecule has 2 aromatic carbocycles. The molecule has 0 radical (unpaired) electrons. The Labute approximate surface area is 172 Å². The fraction of sp³-hybridized carbons (Fsp3) is 0.0870. The van der Waals surface area contributed by atoms with E-state index < -0.39 is 5.91 Å². The van der Waals surface area contributed by atoms with Gasteiger partial charge in [-0.05, 0) is 51.7 Å². The summed E-state index contributed by atoms with van der Waals surface area (Å²) in [4.78, 5) is 17.1. The van der Waals surface area contributed by atoms with Gasteiger partial charge in [0, 0.05) is 0 Å². The van der Waals surface area contributed by atoms with Crippen molar-refractivity contribution in [2.45, 2.75) is 12.5 Å². The Bertz CT molecular complexity index is 1010. The minimum atomic E-state index is -0.422. The van der Waals surface area contributed by atoms with Crippen LogP contribution in [0.25, 0.3) is 6.08 Å². The van der Waals surface area contributed by atoms with Crippen molar-refractivity contribution in [1.82, 2.24) is 10.3 Å². The average Bonchev–Trinajstić information content (AvgIpc) is 2.73. The second-order valence-electron chi connectivity index (χ2n) is 6.18. The van der Waals surface area contributed by atoms with E-state index in [0.29, 0.717) is 16.7 Å². The van der Waals surface area contributed by atoms with Gasteiger partial charge in [0.05, 0.1) is 11.7 Å². The molecule has 1 atom stereocenters. The van der Waals surface area contributed by atoms with E-state index in [-0.39, 0.29) is 11.6 Å². The van der Waals surface area contributed by atoms with Crippen molar-refractivity contribution in [3.05, 3.63) is 106 Å². The number of nitrogens with zero attached hydrogens (tertiary/aromatic N) is 2. The van der Waals surface area contributed by atoms with Gasteiger partial charge in [-0.2, -0.15) is 5.26 Å². The predicted molar refractivity (Wildman–Crippen MR) is 113 cm³/mol. The maximum Gasteiger partial charge on any atom is 0.262 e. The molecule has 138 valence electrons. The summed E-state index contributed by atoms with van der Waals surface area (Å²) >= 11 is 3.30. The molecule has 1 heterocycles. The van der Waals surface area contributed by atoms with Crippen molar-refractivity contribution in [1.29, 1.82) is 5.26 Å². The van der Waals surface area contributed by atoms with Crippen LogP contribution in [0.4, 0.5) is 0 Å². The molecule has 0 aliphatic heterocycles. The number of nitriles is 1. The van der Waals surface area contributed by atoms with Gasteiger partial charge in [-0.25, -0.2) is 4.98 Å². The van der Waals surface area contributed by atoms with Crippen LogP contribution in [-0.4, -0.2) is 10.9 Å². The molecule has 0 unspecified atom stereocenters. The maximum atomic E-state index is 12.8. The molecule has 0 aliphatic carbocycles. The first kappa shape index (κ1) is 19.5. The second kappa shape index (κ2) is 9.63. The number of hydrogen-bond acceptors (Lipinski definition) is 3. The molecule has 1 N–H and O–H groups in total. The number of benzene rings is 2. The van der Waals surface area contributed by atoms with Crippen LogP contribution in [0.15, 0.2) is 89.0 Å². The average molecular weight is 432 g/mol. The molecule has 0 fully saturated rings. The van der Waals surface area contributed by atoms with E-state index in [1.165, 1.54) is 6.08 Å². The zero-order valence-electron chi connectivity index (χ0n) is 15.0. The molecule has 0 saturated heterocycles. The van der Waals surface area contributed by atoms with Gasteiger partial charge in [-0.15, -0.1) is 0 Å². The summed E-state index contributed by atoms with van der Waals surface area (Å²) in [6.45, 7) is 0. The molecule has 5 heteroatoms. The third-order valence-corrected chi connectivity index (χ3v) is 4.63. The van der Waals surface area contributed by atoms with Crippen LogP contribution < -0.4 is 5.32 Å². The number of pyridine rings is 1. The summed E-state index contributed by atoms with van der Waals surface area (Å²) in [5.41, 5.74) is 2.64. The lowest BCUT2D eigenvalue weighted by Gasteiger charge is -2.19. The van der Waals surface area contributed by atoms with Crippen LogP contribution in [0.2, 0.25) is 0 Å². The summed E-state index contributed by atoms with van der Waals surface area (Å²) in [5.74, 6) is -0.422. The van der Waals surface area contributed by atoms with E-state index in [0.717, 1.165) is 11.1 Å². The topological polar surface area (TPSA) is 65.8 Å². The molecule has 0 saturated carbocycles. The summed E-state index contributed by atoms with van der Waals surface area (Å²) in [6, 6.07) is 26.8. The molecule has 1 aromatic heterocycles. The second-order valence-corrected chi connectivity index (χ2v) is 6.99. The standard InChI is InChI=1S/C23H18BrN3O/c24-22-13-7-12-20(26-22)15-19(16-25)23(28)27-21(18-10-5-2-6-11-18)14-17-8-3-1-4-9-17/h1-13,15,21H,14H2,(H,27,28)/b19-15+/t21-/m0/s1. The van der Waals surface area contributed by atoms with E-state index in [2.05, 4.69) is 26.2 Å². The Morgan fingerprint density at radius 1 is 1.04 bits per heavy atom. The van der Waals surface area contributed by atoms with Crippen molar-refractivity contribution < 1.29 is 4.79 Å². The maximum absolute atomic E-state index is 12.8. The zero-order valence-corrected chi connectivity index (χ0v) is 16.6. The van der Waals surface area contributed by atoms with Crippen molar-refractivity contribution in [3.8, 4) is 6.07 Å². The molecule has 28 heavy (non-hydrogen) atoms. The summed E-state index contributed by atoms with van der Waals surface area (Å²) < 4.78 is 0.644. The number of halogens is 1. The number of carbonyl (C=O) groups excluding carboxylic acids is 1. The molecular formula is C23H18BrN3O. The van der Waals surface area contributed by atoms with E-state index >= 15 is 0 Å². The first-order valence-corrected chi connectivity index (χ1v) is 9.59. The fourth-order valence-corrected chi connectivity index (χ4v) is 3.18. The number of carbonyl (C=O) groups is 1. The van der Waals surface area contributed by atoms with Crippen LogP contribution in [0.1, 0.15) is 22.9 Å². The van der Waals surface area contributed by atoms with Gasteiger partial charge in [-0.3, -0.25) is 4.79 Å². The van der Waals surface area contributed by atoms with Crippen LogP contribution in [0, 0.1) is 11.3 Å². The van der Waals surface area contributed by atoms with Crippen molar-refractivity contribution >= 4 is 27.9 Å². The number of aromatic nitrogens is 1. The lowest BCUT2D eigenvalue weighted by Crippen LogP contribution is -2.30. The van der Waals surface area contributed by atoms with E-state index in [9.17, 15) is 10.1 Å². The van der Waals surface area contributed by atoms with Gasteiger partial charge in [0.1, 0.15) is 16.2 Å². The highest BCUT2D eigenvalue weighted by atomic mass is 79.9. The normalized spacial score (nSPS) is 12.1. The smallest absolute Gasteiger partial charge is 0.262 e. The molecule has 3 rings (SSSR count). The molecule has 3 aromatic rings. The number of nitrogens with one attached hydrogen (secondary N) is 1. The number of amides is 1. The first-order chi connectivity index (χ1) is 13.7. The minimum absolute atomic E-state index is 0.0135. The molecule has 0 spiro atoms. The SMILES string of the molecule is N#C/C(=C\c1cccc(Br)n1)C(=O)N[C@@H](Cc1ccccc1)c1ccccc1. The zero-order chi connectivity index (χ0) is 19.8. The van der Waals surface area contributed by atoms with Crippen molar-refractivity contribution in [2.24, 2.45) is 0 Å². The minimum Gasteiger partial charge on any atom is -0.344 e. The van der Waals surface area contributed by atoms with Crippen LogP contribution in [0.3, 0.4) is 0 Å². The molecule has 0 aliphatic rings. The highest BCUT2D eigenvalue weighted by Crippen LogP contribution is 2.19. The quantitative estimate of drug-likeness (QED) is 0.344. The van der Waals surface area contributed by atoms with Gasteiger partial charge in [0.15, 0.2) is 0 Å².